The van der Waals surface area contributed by atoms with Gasteiger partial charge in [0.05, 0.1) is 17.9 Å². The normalized spacial score (nSPS) is 12.3. The summed E-state index contributed by atoms with van der Waals surface area (Å²) >= 11 is 0. The van der Waals surface area contributed by atoms with Crippen molar-refractivity contribution in [1.29, 1.82) is 0 Å². The Hall–Kier alpha value is -2.83. The monoisotopic (exact) mass is 282 g/mol. The van der Waals surface area contributed by atoms with Gasteiger partial charge in [0.2, 0.25) is 0 Å². The van der Waals surface area contributed by atoms with Crippen LogP contribution in [0.3, 0.4) is 0 Å². The quantitative estimate of drug-likeness (QED) is 0.783. The summed E-state index contributed by atoms with van der Waals surface area (Å²) in [5, 5.41) is 11.0. The van der Waals surface area contributed by atoms with Gasteiger partial charge in [0, 0.05) is 12.4 Å². The smallest absolute Gasteiger partial charge is 0.272 e. The molecule has 7 heteroatoms. The van der Waals surface area contributed by atoms with Crippen LogP contribution in [0.2, 0.25) is 0 Å². The summed E-state index contributed by atoms with van der Waals surface area (Å²) in [4.78, 5) is 20.2. The fraction of sp³-hybridized carbons (Fsp3) is 0.214. The van der Waals surface area contributed by atoms with Gasteiger partial charge in [-0.15, -0.1) is 10.2 Å². The maximum atomic E-state index is 12.1. The minimum Gasteiger partial charge on any atom is -0.341 e. The summed E-state index contributed by atoms with van der Waals surface area (Å²) < 4.78 is 1.84. The van der Waals surface area contributed by atoms with Gasteiger partial charge in [0.15, 0.2) is 11.5 Å². The summed E-state index contributed by atoms with van der Waals surface area (Å²) in [5.41, 5.74) is 1.79. The molecule has 1 unspecified atom stereocenters. The van der Waals surface area contributed by atoms with E-state index in [0.717, 1.165) is 11.3 Å². The number of rotatable bonds is 3. The summed E-state index contributed by atoms with van der Waals surface area (Å²) in [6, 6.07) is 5.34. The zero-order chi connectivity index (χ0) is 14.8. The number of aromatic nitrogens is 5. The predicted molar refractivity (Wildman–Crippen MR) is 75.6 cm³/mol. The Kier molecular flexibility index (Phi) is 3.31. The van der Waals surface area contributed by atoms with Crippen LogP contribution in [0.25, 0.3) is 5.65 Å². The van der Waals surface area contributed by atoms with Crippen LogP contribution in [-0.2, 0) is 0 Å². The first-order valence-corrected chi connectivity index (χ1v) is 6.54. The van der Waals surface area contributed by atoms with E-state index in [0.29, 0.717) is 5.82 Å². The number of hydrogen-bond donors (Lipinski definition) is 1. The van der Waals surface area contributed by atoms with E-state index in [-0.39, 0.29) is 17.6 Å². The lowest BCUT2D eigenvalue weighted by atomic mass is 10.3. The molecule has 0 aliphatic carbocycles. The predicted octanol–water partition coefficient (Wildman–Crippen LogP) is 1.32. The van der Waals surface area contributed by atoms with E-state index in [1.165, 1.54) is 6.20 Å². The van der Waals surface area contributed by atoms with Gasteiger partial charge in [0.25, 0.3) is 5.91 Å². The molecule has 3 rings (SSSR count). The molecule has 1 atom stereocenters. The Morgan fingerprint density at radius 1 is 1.24 bits per heavy atom. The number of nitrogens with zero attached hydrogens (tertiary/aromatic N) is 5. The zero-order valence-corrected chi connectivity index (χ0v) is 11.7. The molecule has 1 N–H and O–H groups in total. The zero-order valence-electron chi connectivity index (χ0n) is 11.7. The highest BCUT2D eigenvalue weighted by atomic mass is 16.1. The molecule has 106 valence electrons. The molecule has 0 spiro atoms. The van der Waals surface area contributed by atoms with Gasteiger partial charge >= 0.3 is 0 Å². The Balaban J connectivity index is 1.81. The van der Waals surface area contributed by atoms with Crippen molar-refractivity contribution in [3.8, 4) is 0 Å². The second-order valence-electron chi connectivity index (χ2n) is 4.73. The molecule has 0 aromatic carbocycles. The maximum absolute atomic E-state index is 12.1. The van der Waals surface area contributed by atoms with Crippen LogP contribution < -0.4 is 5.32 Å². The third-order valence-electron chi connectivity index (χ3n) is 3.09. The Labute approximate surface area is 121 Å². The van der Waals surface area contributed by atoms with E-state index in [9.17, 15) is 4.79 Å². The molecule has 0 saturated carbocycles. The first kappa shape index (κ1) is 13.2. The van der Waals surface area contributed by atoms with E-state index in [2.05, 4.69) is 25.5 Å². The minimum atomic E-state index is -0.294. The molecule has 3 aromatic rings. The van der Waals surface area contributed by atoms with Crippen molar-refractivity contribution in [1.82, 2.24) is 29.9 Å². The fourth-order valence-electron chi connectivity index (χ4n) is 2.00. The second kappa shape index (κ2) is 5.28. The lowest BCUT2D eigenvalue weighted by Crippen LogP contribution is -2.28. The van der Waals surface area contributed by atoms with Crippen molar-refractivity contribution >= 4 is 11.6 Å². The number of carbonyl (C=O) groups is 1. The topological polar surface area (TPSA) is 85.1 Å². The molecule has 3 heterocycles. The summed E-state index contributed by atoms with van der Waals surface area (Å²) in [5.74, 6) is 0.377. The van der Waals surface area contributed by atoms with Gasteiger partial charge in [-0.2, -0.15) is 0 Å². The van der Waals surface area contributed by atoms with Gasteiger partial charge in [0.1, 0.15) is 5.69 Å². The molecule has 0 aliphatic rings. The molecule has 0 bridgehead atoms. The van der Waals surface area contributed by atoms with Crippen LogP contribution in [0.15, 0.2) is 36.8 Å². The Morgan fingerprint density at radius 2 is 2.10 bits per heavy atom. The van der Waals surface area contributed by atoms with Gasteiger partial charge in [-0.05, 0) is 26.0 Å². The van der Waals surface area contributed by atoms with Crippen molar-refractivity contribution in [3.63, 3.8) is 0 Å². The lowest BCUT2D eigenvalue weighted by molar-refractivity contribution is 0.0932. The number of amides is 1. The maximum Gasteiger partial charge on any atom is 0.272 e. The van der Waals surface area contributed by atoms with E-state index >= 15 is 0 Å². The molecule has 7 nitrogen and oxygen atoms in total. The SMILES string of the molecule is Cc1cnc(C(=O)NC(C)c2nnc3ccccn23)cn1. The lowest BCUT2D eigenvalue weighted by Gasteiger charge is -2.11. The standard InChI is InChI=1S/C14H14N6O/c1-9-7-16-11(8-15-9)14(21)17-10(2)13-19-18-12-5-3-4-6-20(12)13/h3-8,10H,1-2H3,(H,17,21). The average molecular weight is 282 g/mol. The van der Waals surface area contributed by atoms with Crippen LogP contribution in [0.1, 0.15) is 35.0 Å². The van der Waals surface area contributed by atoms with E-state index in [1.807, 2.05) is 42.6 Å². The van der Waals surface area contributed by atoms with Crippen LogP contribution in [0.5, 0.6) is 0 Å². The Bertz CT molecular complexity index is 780. The van der Waals surface area contributed by atoms with E-state index < -0.39 is 0 Å². The second-order valence-corrected chi connectivity index (χ2v) is 4.73. The summed E-state index contributed by atoms with van der Waals surface area (Å²) in [6.07, 6.45) is 4.88. The van der Waals surface area contributed by atoms with Crippen molar-refractivity contribution < 1.29 is 4.79 Å². The highest BCUT2D eigenvalue weighted by Crippen LogP contribution is 2.12. The highest BCUT2D eigenvalue weighted by Gasteiger charge is 2.17. The van der Waals surface area contributed by atoms with E-state index in [4.69, 9.17) is 0 Å². The summed E-state index contributed by atoms with van der Waals surface area (Å²) in [7, 11) is 0. The largest absolute Gasteiger partial charge is 0.341 e. The molecule has 1 amide bonds. The number of carbonyl (C=O) groups excluding carboxylic acids is 1. The first-order valence-electron chi connectivity index (χ1n) is 6.54. The number of nitrogens with one attached hydrogen (secondary N) is 1. The number of fused-ring (bicyclic) bond motifs is 1. The third-order valence-corrected chi connectivity index (χ3v) is 3.09. The molecule has 0 saturated heterocycles. The van der Waals surface area contributed by atoms with Crippen LogP contribution in [0.4, 0.5) is 0 Å². The minimum absolute atomic E-state index is 0.279. The van der Waals surface area contributed by atoms with Crippen molar-refractivity contribution in [2.45, 2.75) is 19.9 Å². The highest BCUT2D eigenvalue weighted by molar-refractivity contribution is 5.92. The number of hydrogen-bond acceptors (Lipinski definition) is 5. The summed E-state index contributed by atoms with van der Waals surface area (Å²) in [6.45, 7) is 3.67. The van der Waals surface area contributed by atoms with Crippen LogP contribution >= 0.6 is 0 Å². The van der Waals surface area contributed by atoms with Gasteiger partial charge in [-0.25, -0.2) is 4.98 Å². The van der Waals surface area contributed by atoms with Crippen molar-refractivity contribution in [2.75, 3.05) is 0 Å². The number of aryl methyl sites for hydroxylation is 1. The molecule has 0 aliphatic heterocycles. The fourth-order valence-corrected chi connectivity index (χ4v) is 2.00. The first-order chi connectivity index (χ1) is 10.1. The van der Waals surface area contributed by atoms with Gasteiger partial charge in [-0.3, -0.25) is 14.2 Å². The molecule has 3 aromatic heterocycles. The van der Waals surface area contributed by atoms with Gasteiger partial charge in [-0.1, -0.05) is 6.07 Å². The molecule has 0 radical (unpaired) electrons. The molecule has 0 fully saturated rings. The van der Waals surface area contributed by atoms with Crippen molar-refractivity contribution in [3.05, 3.63) is 54.0 Å². The van der Waals surface area contributed by atoms with Crippen LogP contribution in [-0.4, -0.2) is 30.5 Å². The number of pyridine rings is 1. The molecular weight excluding hydrogens is 268 g/mol. The third kappa shape index (κ3) is 2.58. The average Bonchev–Trinajstić information content (AvgIpc) is 2.92. The van der Waals surface area contributed by atoms with Crippen LogP contribution in [0, 0.1) is 6.92 Å². The Morgan fingerprint density at radius 3 is 2.86 bits per heavy atom. The van der Waals surface area contributed by atoms with E-state index in [1.54, 1.807) is 6.20 Å². The molecular formula is C14H14N6O. The van der Waals surface area contributed by atoms with Crippen molar-refractivity contribution in [2.24, 2.45) is 0 Å². The van der Waals surface area contributed by atoms with Gasteiger partial charge < -0.3 is 5.32 Å². The molecule has 21 heavy (non-hydrogen) atoms.